The van der Waals surface area contributed by atoms with Crippen LogP contribution in [0.15, 0.2) is 10.2 Å². The molecule has 0 aromatic carbocycles. The van der Waals surface area contributed by atoms with Crippen LogP contribution in [0.5, 0.6) is 0 Å². The highest BCUT2D eigenvalue weighted by molar-refractivity contribution is 5.19. The molecular weight excluding hydrogens is 220 g/mol. The van der Waals surface area contributed by atoms with Crippen LogP contribution in [-0.2, 0) is 0 Å². The van der Waals surface area contributed by atoms with Crippen molar-refractivity contribution in [3.63, 3.8) is 0 Å². The molecule has 0 amide bonds. The highest BCUT2D eigenvalue weighted by atomic mass is 15.2. The smallest absolute Gasteiger partial charge is 0.0776 e. The lowest BCUT2D eigenvalue weighted by molar-refractivity contribution is -0.0297. The standard InChI is InChI=1S/C16H22N2/c1-2-8-5-7(1)11-12(8)16-14-10-4-3-9(6-10)13(14)15(11)17-18-16/h7-16H,1-6H2/t7-,8-,9-,10-,11-,12-,13-,14-,15?,16?/m0/s1. The molecule has 7 rings (SSSR count). The highest BCUT2D eigenvalue weighted by Crippen LogP contribution is 2.69. The van der Waals surface area contributed by atoms with E-state index in [2.05, 4.69) is 0 Å². The molecule has 5 aliphatic carbocycles. The van der Waals surface area contributed by atoms with Gasteiger partial charge in [0.05, 0.1) is 12.1 Å². The van der Waals surface area contributed by atoms with E-state index < -0.39 is 0 Å². The summed E-state index contributed by atoms with van der Waals surface area (Å²) in [6.45, 7) is 0. The lowest BCUT2D eigenvalue weighted by Crippen LogP contribution is -2.57. The Hall–Kier alpha value is -0.400. The summed E-state index contributed by atoms with van der Waals surface area (Å²) in [6, 6.07) is 1.35. The van der Waals surface area contributed by atoms with Gasteiger partial charge in [0.2, 0.25) is 0 Å². The van der Waals surface area contributed by atoms with Crippen LogP contribution >= 0.6 is 0 Å². The largest absolute Gasteiger partial charge is 0.190 e. The molecule has 0 unspecified atom stereocenters. The van der Waals surface area contributed by atoms with E-state index in [1.807, 2.05) is 0 Å². The Balaban J connectivity index is 1.51. The van der Waals surface area contributed by atoms with E-state index >= 15 is 0 Å². The minimum atomic E-state index is 0.676. The fourth-order valence-corrected chi connectivity index (χ4v) is 7.76. The van der Waals surface area contributed by atoms with Crippen LogP contribution in [0.3, 0.4) is 0 Å². The molecule has 2 aliphatic heterocycles. The summed E-state index contributed by atoms with van der Waals surface area (Å²) in [5, 5.41) is 9.69. The molecule has 0 spiro atoms. The molecular formula is C16H22N2. The Morgan fingerprint density at radius 2 is 0.833 bits per heavy atom. The first kappa shape index (κ1) is 9.50. The molecule has 96 valence electrons. The second-order valence-electron chi connectivity index (χ2n) is 8.19. The molecule has 7 aliphatic rings. The third-order valence-corrected chi connectivity index (χ3v) is 8.00. The molecule has 6 bridgehead atoms. The predicted molar refractivity (Wildman–Crippen MR) is 68.1 cm³/mol. The van der Waals surface area contributed by atoms with Crippen LogP contribution < -0.4 is 0 Å². The van der Waals surface area contributed by atoms with Crippen LogP contribution in [0, 0.1) is 47.3 Å². The average Bonchev–Trinajstić information content (AvgIpc) is 3.19. The van der Waals surface area contributed by atoms with E-state index in [9.17, 15) is 0 Å². The molecule has 0 aromatic rings. The fraction of sp³-hybridized carbons (Fsp3) is 1.00. The van der Waals surface area contributed by atoms with E-state index in [0.717, 1.165) is 47.3 Å². The Kier molecular flexibility index (Phi) is 1.51. The Labute approximate surface area is 109 Å². The number of nitrogens with zero attached hydrogens (tertiary/aromatic N) is 2. The van der Waals surface area contributed by atoms with E-state index in [-0.39, 0.29) is 0 Å². The second kappa shape index (κ2) is 2.86. The van der Waals surface area contributed by atoms with Gasteiger partial charge < -0.3 is 0 Å². The fourth-order valence-electron chi connectivity index (χ4n) is 7.76. The molecule has 5 fully saturated rings. The SMILES string of the molecule is C1C[C@H]2C[C@H]1[C@@H]1C3N=NC([C@@H]21)[C@H]1[C@H]2CC[C@@H](C2)[C@H]31. The molecule has 0 N–H and O–H groups in total. The van der Waals surface area contributed by atoms with E-state index in [1.165, 1.54) is 25.7 Å². The van der Waals surface area contributed by atoms with Gasteiger partial charge in [0.25, 0.3) is 0 Å². The second-order valence-corrected chi connectivity index (χ2v) is 8.19. The summed E-state index contributed by atoms with van der Waals surface area (Å²) in [6.07, 6.45) is 9.18. The van der Waals surface area contributed by atoms with Gasteiger partial charge in [-0.2, -0.15) is 10.2 Å². The van der Waals surface area contributed by atoms with Crippen molar-refractivity contribution in [3.8, 4) is 0 Å². The number of hydrogen-bond donors (Lipinski definition) is 0. The maximum absolute atomic E-state index is 4.85. The van der Waals surface area contributed by atoms with Gasteiger partial charge >= 0.3 is 0 Å². The number of azo groups is 1. The van der Waals surface area contributed by atoms with Crippen LogP contribution in [0.2, 0.25) is 0 Å². The zero-order valence-corrected chi connectivity index (χ0v) is 10.9. The van der Waals surface area contributed by atoms with Crippen molar-refractivity contribution in [1.29, 1.82) is 0 Å². The van der Waals surface area contributed by atoms with E-state index in [4.69, 9.17) is 10.2 Å². The van der Waals surface area contributed by atoms with Crippen LogP contribution in [-0.4, -0.2) is 12.1 Å². The summed E-state index contributed by atoms with van der Waals surface area (Å²) >= 11 is 0. The molecule has 0 radical (unpaired) electrons. The lowest BCUT2D eigenvalue weighted by atomic mass is 9.54. The Morgan fingerprint density at radius 1 is 0.500 bits per heavy atom. The number of hydrogen-bond acceptors (Lipinski definition) is 2. The summed E-state index contributed by atoms with van der Waals surface area (Å²) in [7, 11) is 0. The first-order valence-corrected chi connectivity index (χ1v) is 8.32. The van der Waals surface area contributed by atoms with Crippen LogP contribution in [0.25, 0.3) is 0 Å². The Morgan fingerprint density at radius 3 is 1.17 bits per heavy atom. The van der Waals surface area contributed by atoms with Gasteiger partial charge in [-0.25, -0.2) is 0 Å². The van der Waals surface area contributed by atoms with Crippen molar-refractivity contribution < 1.29 is 0 Å². The third kappa shape index (κ3) is 0.849. The number of fused-ring (bicyclic) bond motifs is 4. The molecule has 2 nitrogen and oxygen atoms in total. The molecule has 0 saturated heterocycles. The number of rotatable bonds is 0. The van der Waals surface area contributed by atoms with Crippen molar-refractivity contribution >= 4 is 0 Å². The molecule has 2 heterocycles. The van der Waals surface area contributed by atoms with E-state index in [1.54, 1.807) is 12.8 Å². The van der Waals surface area contributed by atoms with Crippen LogP contribution in [0.4, 0.5) is 0 Å². The van der Waals surface area contributed by atoms with Gasteiger partial charge in [0.15, 0.2) is 0 Å². The minimum Gasteiger partial charge on any atom is -0.190 e. The summed E-state index contributed by atoms with van der Waals surface area (Å²) in [5.41, 5.74) is 0. The lowest BCUT2D eigenvalue weighted by Gasteiger charge is -2.54. The van der Waals surface area contributed by atoms with E-state index in [0.29, 0.717) is 12.1 Å². The first-order chi connectivity index (χ1) is 8.92. The van der Waals surface area contributed by atoms with Gasteiger partial charge in [0.1, 0.15) is 0 Å². The minimum absolute atomic E-state index is 0.676. The summed E-state index contributed by atoms with van der Waals surface area (Å²) in [5.74, 6) is 8.11. The molecule has 5 saturated carbocycles. The van der Waals surface area contributed by atoms with Crippen molar-refractivity contribution in [1.82, 2.24) is 0 Å². The zero-order valence-electron chi connectivity index (χ0n) is 10.9. The Bertz CT molecular complexity index is 372. The van der Waals surface area contributed by atoms with Gasteiger partial charge in [0, 0.05) is 0 Å². The van der Waals surface area contributed by atoms with Gasteiger partial charge in [-0.15, -0.1) is 0 Å². The average molecular weight is 242 g/mol. The predicted octanol–water partition coefficient (Wildman–Crippen LogP) is 3.53. The quantitative estimate of drug-likeness (QED) is 0.621. The molecule has 2 heteroatoms. The van der Waals surface area contributed by atoms with Crippen LogP contribution in [0.1, 0.15) is 38.5 Å². The van der Waals surface area contributed by atoms with Crippen molar-refractivity contribution in [3.05, 3.63) is 0 Å². The summed E-state index contributed by atoms with van der Waals surface area (Å²) < 4.78 is 0. The van der Waals surface area contributed by atoms with Gasteiger partial charge in [-0.05, 0) is 85.9 Å². The molecule has 18 heavy (non-hydrogen) atoms. The maximum Gasteiger partial charge on any atom is 0.0776 e. The first-order valence-electron chi connectivity index (χ1n) is 8.32. The monoisotopic (exact) mass is 242 g/mol. The molecule has 0 aromatic heterocycles. The summed E-state index contributed by atoms with van der Waals surface area (Å²) in [4.78, 5) is 0. The normalized spacial score (nSPS) is 69.8. The highest BCUT2D eigenvalue weighted by Gasteiger charge is 2.67. The van der Waals surface area contributed by atoms with Crippen molar-refractivity contribution in [2.75, 3.05) is 0 Å². The third-order valence-electron chi connectivity index (χ3n) is 8.00. The van der Waals surface area contributed by atoms with Gasteiger partial charge in [-0.3, -0.25) is 0 Å². The zero-order chi connectivity index (χ0) is 11.4. The van der Waals surface area contributed by atoms with Gasteiger partial charge in [-0.1, -0.05) is 0 Å². The van der Waals surface area contributed by atoms with Crippen molar-refractivity contribution in [2.24, 2.45) is 57.6 Å². The molecule has 8 atom stereocenters. The van der Waals surface area contributed by atoms with Crippen molar-refractivity contribution in [2.45, 2.75) is 50.6 Å². The maximum atomic E-state index is 4.85. The topological polar surface area (TPSA) is 24.7 Å².